The highest BCUT2D eigenvalue weighted by atomic mass is 16.2. The van der Waals surface area contributed by atoms with E-state index in [9.17, 15) is 4.79 Å². The number of amides is 1. The number of hydrogen-bond donors (Lipinski definition) is 2. The van der Waals surface area contributed by atoms with E-state index in [4.69, 9.17) is 5.73 Å². The van der Waals surface area contributed by atoms with Crippen molar-refractivity contribution in [3.8, 4) is 0 Å². The first-order valence-corrected chi connectivity index (χ1v) is 7.96. The second-order valence-corrected chi connectivity index (χ2v) is 6.24. The summed E-state index contributed by atoms with van der Waals surface area (Å²) in [6.07, 6.45) is 8.43. The summed E-state index contributed by atoms with van der Waals surface area (Å²) in [5.41, 5.74) is 6.18. The summed E-state index contributed by atoms with van der Waals surface area (Å²) in [7, 11) is 0. The van der Waals surface area contributed by atoms with Crippen molar-refractivity contribution in [2.24, 2.45) is 11.1 Å². The Morgan fingerprint density at radius 3 is 2.52 bits per heavy atom. The lowest BCUT2D eigenvalue weighted by Crippen LogP contribution is -2.47. The third kappa shape index (κ3) is 2.88. The zero-order valence-electron chi connectivity index (χ0n) is 12.5. The molecule has 1 aliphatic heterocycles. The number of piperidine rings is 1. The monoisotopic (exact) mass is 288 g/mol. The Labute approximate surface area is 125 Å². The van der Waals surface area contributed by atoms with Gasteiger partial charge in [0.2, 0.25) is 5.91 Å². The lowest BCUT2D eigenvalue weighted by Gasteiger charge is -2.39. The van der Waals surface area contributed by atoms with E-state index in [1.54, 1.807) is 6.20 Å². The Hall–Kier alpha value is -1.62. The lowest BCUT2D eigenvalue weighted by molar-refractivity contribution is -0.129. The standard InChI is InChI=1S/C16H24N4O/c17-12-16(7-4-8-16)15(21)19-13-5-6-14(18-11-13)20-9-2-1-3-10-20/h5-6,11H,1-4,7-10,12,17H2,(H,19,21). The van der Waals surface area contributed by atoms with Gasteiger partial charge in [0.1, 0.15) is 5.82 Å². The average Bonchev–Trinajstić information content (AvgIpc) is 2.48. The quantitative estimate of drug-likeness (QED) is 0.890. The Balaban J connectivity index is 1.63. The van der Waals surface area contributed by atoms with Crippen molar-refractivity contribution in [3.63, 3.8) is 0 Å². The van der Waals surface area contributed by atoms with Crippen LogP contribution in [-0.2, 0) is 4.79 Å². The van der Waals surface area contributed by atoms with E-state index in [0.29, 0.717) is 6.54 Å². The predicted molar refractivity (Wildman–Crippen MR) is 84.3 cm³/mol. The molecule has 2 heterocycles. The van der Waals surface area contributed by atoms with E-state index in [-0.39, 0.29) is 11.3 Å². The molecule has 0 aromatic carbocycles. The second kappa shape index (κ2) is 6.02. The molecule has 114 valence electrons. The van der Waals surface area contributed by atoms with E-state index >= 15 is 0 Å². The predicted octanol–water partition coefficient (Wildman–Crippen LogP) is 2.14. The van der Waals surface area contributed by atoms with Gasteiger partial charge in [-0.25, -0.2) is 4.98 Å². The molecule has 2 fully saturated rings. The number of carbonyl (C=O) groups is 1. The zero-order chi connectivity index (χ0) is 14.7. The molecule has 3 N–H and O–H groups in total. The topological polar surface area (TPSA) is 71.2 Å². The lowest BCUT2D eigenvalue weighted by atomic mass is 9.68. The molecular weight excluding hydrogens is 264 g/mol. The van der Waals surface area contributed by atoms with Crippen molar-refractivity contribution in [3.05, 3.63) is 18.3 Å². The van der Waals surface area contributed by atoms with Crippen LogP contribution in [0.4, 0.5) is 11.5 Å². The number of anilines is 2. The fourth-order valence-electron chi connectivity index (χ4n) is 3.16. The third-order valence-corrected chi connectivity index (χ3v) is 4.87. The summed E-state index contributed by atoms with van der Waals surface area (Å²) in [6, 6.07) is 3.94. The maximum atomic E-state index is 12.3. The number of rotatable bonds is 4. The van der Waals surface area contributed by atoms with Gasteiger partial charge in [-0.05, 0) is 44.2 Å². The van der Waals surface area contributed by atoms with Crippen LogP contribution in [0.15, 0.2) is 18.3 Å². The summed E-state index contributed by atoms with van der Waals surface area (Å²) >= 11 is 0. The van der Waals surface area contributed by atoms with Crippen LogP contribution >= 0.6 is 0 Å². The summed E-state index contributed by atoms with van der Waals surface area (Å²) < 4.78 is 0. The van der Waals surface area contributed by atoms with Gasteiger partial charge in [0.25, 0.3) is 0 Å². The zero-order valence-corrected chi connectivity index (χ0v) is 12.5. The molecule has 5 nitrogen and oxygen atoms in total. The smallest absolute Gasteiger partial charge is 0.231 e. The van der Waals surface area contributed by atoms with Crippen LogP contribution in [0, 0.1) is 5.41 Å². The molecule has 0 bridgehead atoms. The number of nitrogens with zero attached hydrogens (tertiary/aromatic N) is 2. The third-order valence-electron chi connectivity index (χ3n) is 4.87. The van der Waals surface area contributed by atoms with Crippen LogP contribution in [0.25, 0.3) is 0 Å². The Morgan fingerprint density at radius 1 is 1.24 bits per heavy atom. The van der Waals surface area contributed by atoms with Crippen molar-refractivity contribution in [2.45, 2.75) is 38.5 Å². The molecule has 1 saturated heterocycles. The number of aromatic nitrogens is 1. The minimum atomic E-state index is -0.342. The van der Waals surface area contributed by atoms with Crippen LogP contribution in [0.2, 0.25) is 0 Å². The highest BCUT2D eigenvalue weighted by molar-refractivity contribution is 5.96. The van der Waals surface area contributed by atoms with Crippen molar-refractivity contribution in [1.29, 1.82) is 0 Å². The number of nitrogens with one attached hydrogen (secondary N) is 1. The van der Waals surface area contributed by atoms with E-state index in [0.717, 1.165) is 43.9 Å². The number of pyridine rings is 1. The highest BCUT2D eigenvalue weighted by Gasteiger charge is 2.42. The first-order chi connectivity index (χ1) is 10.2. The van der Waals surface area contributed by atoms with Crippen LogP contribution < -0.4 is 16.0 Å². The first-order valence-electron chi connectivity index (χ1n) is 7.96. The van der Waals surface area contributed by atoms with Gasteiger partial charge in [-0.3, -0.25) is 4.79 Å². The van der Waals surface area contributed by atoms with Crippen LogP contribution in [0.5, 0.6) is 0 Å². The molecule has 3 rings (SSSR count). The molecular formula is C16H24N4O. The normalized spacial score (nSPS) is 20.7. The maximum Gasteiger partial charge on any atom is 0.231 e. The van der Waals surface area contributed by atoms with Crippen molar-refractivity contribution in [2.75, 3.05) is 29.9 Å². The highest BCUT2D eigenvalue weighted by Crippen LogP contribution is 2.40. The first kappa shape index (κ1) is 14.3. The number of carbonyl (C=O) groups excluding carboxylic acids is 1. The van der Waals surface area contributed by atoms with Gasteiger partial charge in [-0.2, -0.15) is 0 Å². The van der Waals surface area contributed by atoms with E-state index < -0.39 is 0 Å². The molecule has 1 aromatic rings. The molecule has 0 radical (unpaired) electrons. The van der Waals surface area contributed by atoms with Gasteiger partial charge in [0.05, 0.1) is 17.3 Å². The van der Waals surface area contributed by atoms with Crippen molar-refractivity contribution >= 4 is 17.4 Å². The van der Waals surface area contributed by atoms with Crippen LogP contribution in [0.3, 0.4) is 0 Å². The summed E-state index contributed by atoms with van der Waals surface area (Å²) in [4.78, 5) is 19.1. The molecule has 0 spiro atoms. The number of hydrogen-bond acceptors (Lipinski definition) is 4. The van der Waals surface area contributed by atoms with Gasteiger partial charge in [0.15, 0.2) is 0 Å². The summed E-state index contributed by atoms with van der Waals surface area (Å²) in [5, 5.41) is 2.97. The van der Waals surface area contributed by atoms with E-state index in [1.807, 2.05) is 12.1 Å². The summed E-state index contributed by atoms with van der Waals surface area (Å²) in [5.74, 6) is 1.05. The largest absolute Gasteiger partial charge is 0.357 e. The molecule has 1 saturated carbocycles. The molecule has 21 heavy (non-hydrogen) atoms. The molecule has 5 heteroatoms. The molecule has 2 aliphatic rings. The molecule has 1 amide bonds. The number of nitrogens with two attached hydrogens (primary N) is 1. The SMILES string of the molecule is NCC1(C(=O)Nc2ccc(N3CCCCC3)nc2)CCC1. The fourth-order valence-corrected chi connectivity index (χ4v) is 3.16. The molecule has 0 atom stereocenters. The molecule has 1 aliphatic carbocycles. The fraction of sp³-hybridized carbons (Fsp3) is 0.625. The van der Waals surface area contributed by atoms with E-state index in [1.165, 1.54) is 19.3 Å². The van der Waals surface area contributed by atoms with Gasteiger partial charge < -0.3 is 16.0 Å². The summed E-state index contributed by atoms with van der Waals surface area (Å²) in [6.45, 7) is 2.59. The average molecular weight is 288 g/mol. The molecule has 0 unspecified atom stereocenters. The van der Waals surface area contributed by atoms with E-state index in [2.05, 4.69) is 15.2 Å². The van der Waals surface area contributed by atoms with Gasteiger partial charge in [-0.1, -0.05) is 6.42 Å². The maximum absolute atomic E-state index is 12.3. The van der Waals surface area contributed by atoms with Gasteiger partial charge in [-0.15, -0.1) is 0 Å². The van der Waals surface area contributed by atoms with Crippen LogP contribution in [0.1, 0.15) is 38.5 Å². The van der Waals surface area contributed by atoms with Crippen molar-refractivity contribution in [1.82, 2.24) is 4.98 Å². The van der Waals surface area contributed by atoms with Crippen molar-refractivity contribution < 1.29 is 4.79 Å². The minimum absolute atomic E-state index is 0.0452. The minimum Gasteiger partial charge on any atom is -0.357 e. The van der Waals surface area contributed by atoms with Gasteiger partial charge in [0, 0.05) is 19.6 Å². The second-order valence-electron chi connectivity index (χ2n) is 6.24. The van der Waals surface area contributed by atoms with Gasteiger partial charge >= 0.3 is 0 Å². The Morgan fingerprint density at radius 2 is 2.00 bits per heavy atom. The molecule has 1 aromatic heterocycles. The Kier molecular flexibility index (Phi) is 4.10. The Bertz CT molecular complexity index is 484. The van der Waals surface area contributed by atoms with Crippen LogP contribution in [-0.4, -0.2) is 30.5 Å².